The largest absolute Gasteiger partial charge is 0.464 e. The molecule has 35 heavy (non-hydrogen) atoms. The van der Waals surface area contributed by atoms with Crippen LogP contribution in [0.3, 0.4) is 0 Å². The summed E-state index contributed by atoms with van der Waals surface area (Å²) < 4.78 is 12.5. The van der Waals surface area contributed by atoms with Gasteiger partial charge in [0.1, 0.15) is 23.6 Å². The zero-order valence-corrected chi connectivity index (χ0v) is 20.3. The Labute approximate surface area is 203 Å². The van der Waals surface area contributed by atoms with E-state index in [0.717, 1.165) is 16.6 Å². The third-order valence-electron chi connectivity index (χ3n) is 5.73. The Morgan fingerprint density at radius 2 is 1.91 bits per heavy atom. The topological polar surface area (TPSA) is 102 Å². The van der Waals surface area contributed by atoms with E-state index in [1.54, 1.807) is 30.8 Å². The Bertz CT molecular complexity index is 1340. The molecule has 4 rings (SSSR count). The van der Waals surface area contributed by atoms with Gasteiger partial charge in [-0.2, -0.15) is 0 Å². The van der Waals surface area contributed by atoms with E-state index in [2.05, 4.69) is 15.6 Å². The molecule has 2 amide bonds. The summed E-state index contributed by atoms with van der Waals surface area (Å²) >= 11 is 0. The molecule has 2 heterocycles. The van der Waals surface area contributed by atoms with Gasteiger partial charge in [-0.25, -0.2) is 4.68 Å². The lowest BCUT2D eigenvalue weighted by Crippen LogP contribution is -2.46. The Kier molecular flexibility index (Phi) is 7.26. The molecule has 2 aromatic heterocycles. The molecular formula is C26H29N5O4. The number of benzene rings is 2. The summed E-state index contributed by atoms with van der Waals surface area (Å²) in [5.41, 5.74) is 3.95. The van der Waals surface area contributed by atoms with E-state index in [1.807, 2.05) is 56.3 Å². The van der Waals surface area contributed by atoms with E-state index in [4.69, 9.17) is 9.15 Å². The maximum absolute atomic E-state index is 13.9. The van der Waals surface area contributed by atoms with Gasteiger partial charge in [-0.05, 0) is 56.7 Å². The molecule has 0 saturated heterocycles. The van der Waals surface area contributed by atoms with Gasteiger partial charge >= 0.3 is 0 Å². The third kappa shape index (κ3) is 5.25. The molecule has 182 valence electrons. The number of rotatable bonds is 9. The monoisotopic (exact) mass is 475 g/mol. The lowest BCUT2D eigenvalue weighted by Gasteiger charge is -2.31. The highest BCUT2D eigenvalue weighted by Gasteiger charge is 2.36. The van der Waals surface area contributed by atoms with E-state index in [1.165, 1.54) is 4.90 Å². The fourth-order valence-electron chi connectivity index (χ4n) is 4.08. The van der Waals surface area contributed by atoms with Crippen LogP contribution >= 0.6 is 0 Å². The minimum Gasteiger partial charge on any atom is -0.464 e. The maximum atomic E-state index is 13.9. The van der Waals surface area contributed by atoms with Gasteiger partial charge in [0.05, 0.1) is 12.1 Å². The number of aromatic nitrogens is 3. The van der Waals surface area contributed by atoms with Crippen molar-refractivity contribution in [3.8, 4) is 0 Å². The zero-order valence-electron chi connectivity index (χ0n) is 20.3. The van der Waals surface area contributed by atoms with Crippen molar-refractivity contribution in [2.75, 3.05) is 25.2 Å². The number of ether oxygens (including phenoxy) is 1. The molecule has 4 aromatic rings. The second-order valence-electron chi connectivity index (χ2n) is 8.42. The van der Waals surface area contributed by atoms with Crippen molar-refractivity contribution < 1.29 is 18.7 Å². The van der Waals surface area contributed by atoms with Crippen LogP contribution in [0, 0.1) is 20.8 Å². The number of hydrogen-bond acceptors (Lipinski definition) is 6. The molecule has 0 aliphatic rings. The molecule has 0 aliphatic heterocycles. The molecule has 9 nitrogen and oxygen atoms in total. The van der Waals surface area contributed by atoms with Crippen LogP contribution < -0.4 is 10.2 Å². The number of furan rings is 1. The highest BCUT2D eigenvalue weighted by molar-refractivity contribution is 6.01. The van der Waals surface area contributed by atoms with E-state index in [9.17, 15) is 9.59 Å². The quantitative estimate of drug-likeness (QED) is 0.372. The summed E-state index contributed by atoms with van der Waals surface area (Å²) in [5.74, 6) is 0.320. The van der Waals surface area contributed by atoms with E-state index in [-0.39, 0.29) is 18.4 Å². The summed E-state index contributed by atoms with van der Waals surface area (Å²) in [6.07, 6.45) is 0. The van der Waals surface area contributed by atoms with Crippen molar-refractivity contribution in [1.29, 1.82) is 0 Å². The first kappa shape index (κ1) is 24.2. The van der Waals surface area contributed by atoms with Crippen LogP contribution in [0.4, 0.5) is 5.69 Å². The molecule has 1 unspecified atom stereocenters. The lowest BCUT2D eigenvalue weighted by atomic mass is 10.1. The number of carbonyl (C=O) groups is 2. The Morgan fingerprint density at radius 1 is 1.11 bits per heavy atom. The number of aryl methyl sites for hydroxylation is 3. The average molecular weight is 476 g/mol. The van der Waals surface area contributed by atoms with Gasteiger partial charge in [0.15, 0.2) is 6.04 Å². The summed E-state index contributed by atoms with van der Waals surface area (Å²) in [4.78, 5) is 28.9. The number of methoxy groups -OCH3 is 1. The third-order valence-corrected chi connectivity index (χ3v) is 5.73. The minimum absolute atomic E-state index is 0.102. The molecule has 1 N–H and O–H groups in total. The van der Waals surface area contributed by atoms with E-state index >= 15 is 0 Å². The molecule has 2 aromatic carbocycles. The summed E-state index contributed by atoms with van der Waals surface area (Å²) in [6.45, 7) is 6.24. The number of para-hydroxylation sites is 1. The number of anilines is 1. The first-order chi connectivity index (χ1) is 16.9. The molecule has 0 radical (unpaired) electrons. The van der Waals surface area contributed by atoms with Crippen molar-refractivity contribution in [2.24, 2.45) is 0 Å². The van der Waals surface area contributed by atoms with Gasteiger partial charge in [-0.1, -0.05) is 35.0 Å². The van der Waals surface area contributed by atoms with E-state index in [0.29, 0.717) is 35.9 Å². The van der Waals surface area contributed by atoms with Crippen molar-refractivity contribution in [1.82, 2.24) is 20.3 Å². The van der Waals surface area contributed by atoms with Gasteiger partial charge in [0.25, 0.3) is 5.91 Å². The van der Waals surface area contributed by atoms with Crippen LogP contribution in [-0.4, -0.2) is 47.1 Å². The Morgan fingerprint density at radius 3 is 2.63 bits per heavy atom. The van der Waals surface area contributed by atoms with Crippen LogP contribution in [0.1, 0.15) is 28.7 Å². The van der Waals surface area contributed by atoms with Crippen molar-refractivity contribution in [3.63, 3.8) is 0 Å². The number of nitrogens with one attached hydrogen (secondary N) is 1. The number of hydrogen-bond donors (Lipinski definition) is 1. The first-order valence-electron chi connectivity index (χ1n) is 11.4. The van der Waals surface area contributed by atoms with Crippen molar-refractivity contribution >= 4 is 28.5 Å². The highest BCUT2D eigenvalue weighted by Crippen LogP contribution is 2.32. The van der Waals surface area contributed by atoms with Crippen LogP contribution in [0.15, 0.2) is 59.0 Å². The van der Waals surface area contributed by atoms with Gasteiger partial charge in [0, 0.05) is 19.3 Å². The number of amides is 2. The standard InChI is InChI=1S/C26H29N5O4/c1-17-9-11-21(18(2)15-17)31(24(32)16-30-22-8-6-5-7-20(22)28-29-30)25(23-12-10-19(3)35-23)26(33)27-13-14-34-4/h5-12,15,25H,13-14,16H2,1-4H3,(H,27,33). The maximum Gasteiger partial charge on any atom is 0.251 e. The molecule has 0 bridgehead atoms. The first-order valence-corrected chi connectivity index (χ1v) is 11.4. The number of nitrogens with zero attached hydrogens (tertiary/aromatic N) is 4. The number of fused-ring (bicyclic) bond motifs is 1. The lowest BCUT2D eigenvalue weighted by molar-refractivity contribution is -0.127. The van der Waals surface area contributed by atoms with Crippen molar-refractivity contribution in [3.05, 3.63) is 77.2 Å². The van der Waals surface area contributed by atoms with E-state index < -0.39 is 6.04 Å². The fraction of sp³-hybridized carbons (Fsp3) is 0.308. The predicted molar refractivity (Wildman–Crippen MR) is 132 cm³/mol. The molecule has 0 fully saturated rings. The minimum atomic E-state index is -1.02. The molecular weight excluding hydrogens is 446 g/mol. The SMILES string of the molecule is COCCNC(=O)C(c1ccc(C)o1)N(C(=O)Cn1nnc2ccccc21)c1ccc(C)cc1C. The highest BCUT2D eigenvalue weighted by atomic mass is 16.5. The smallest absolute Gasteiger partial charge is 0.251 e. The second-order valence-corrected chi connectivity index (χ2v) is 8.42. The van der Waals surface area contributed by atoms with Crippen LogP contribution in [-0.2, 0) is 20.9 Å². The van der Waals surface area contributed by atoms with Gasteiger partial charge < -0.3 is 14.5 Å². The molecule has 0 saturated carbocycles. The van der Waals surface area contributed by atoms with Gasteiger partial charge in [-0.3, -0.25) is 14.5 Å². The summed E-state index contributed by atoms with van der Waals surface area (Å²) in [6, 6.07) is 15.7. The van der Waals surface area contributed by atoms with Crippen LogP contribution in [0.5, 0.6) is 0 Å². The Balaban J connectivity index is 1.79. The number of carbonyl (C=O) groups excluding carboxylic acids is 2. The predicted octanol–water partition coefficient (Wildman–Crippen LogP) is 3.49. The van der Waals surface area contributed by atoms with Gasteiger partial charge in [-0.15, -0.1) is 5.10 Å². The van der Waals surface area contributed by atoms with Crippen molar-refractivity contribution in [2.45, 2.75) is 33.4 Å². The van der Waals surface area contributed by atoms with Crippen LogP contribution in [0.2, 0.25) is 0 Å². The molecule has 0 aliphatic carbocycles. The molecule has 9 heteroatoms. The zero-order chi connectivity index (χ0) is 24.9. The summed E-state index contributed by atoms with van der Waals surface area (Å²) in [5, 5.41) is 11.2. The Hall–Kier alpha value is -3.98. The van der Waals surface area contributed by atoms with Gasteiger partial charge in [0.2, 0.25) is 5.91 Å². The average Bonchev–Trinajstić information content (AvgIpc) is 3.44. The van der Waals surface area contributed by atoms with Crippen LogP contribution in [0.25, 0.3) is 11.0 Å². The normalized spacial score (nSPS) is 12.0. The second kappa shape index (κ2) is 10.5. The molecule has 0 spiro atoms. The molecule has 1 atom stereocenters. The fourth-order valence-corrected chi connectivity index (χ4v) is 4.08. The summed E-state index contributed by atoms with van der Waals surface area (Å²) in [7, 11) is 1.56.